The van der Waals surface area contributed by atoms with Crippen molar-refractivity contribution in [3.8, 4) is 0 Å². The van der Waals surface area contributed by atoms with Crippen LogP contribution in [0.3, 0.4) is 0 Å². The fourth-order valence-corrected chi connectivity index (χ4v) is 2.92. The van der Waals surface area contributed by atoms with Gasteiger partial charge in [0.25, 0.3) is 0 Å². The molecule has 3 nitrogen and oxygen atoms in total. The van der Waals surface area contributed by atoms with E-state index in [1.54, 1.807) is 0 Å². The Balaban J connectivity index is 0.00000208. The minimum absolute atomic E-state index is 0. The molecule has 126 valence electrons. The van der Waals surface area contributed by atoms with Crippen LogP contribution in [0.4, 0.5) is 0 Å². The van der Waals surface area contributed by atoms with Crippen molar-refractivity contribution < 1.29 is 4.79 Å². The van der Waals surface area contributed by atoms with E-state index in [0.717, 1.165) is 30.6 Å². The molecule has 24 heavy (non-hydrogen) atoms. The minimum Gasteiger partial charge on any atom is -0.352 e. The Kier molecular flexibility index (Phi) is 7.04. The number of carbonyl (C=O) groups is 1. The first kappa shape index (κ1) is 18.2. The van der Waals surface area contributed by atoms with Gasteiger partial charge in [-0.25, -0.2) is 0 Å². The van der Waals surface area contributed by atoms with Crippen LogP contribution in [-0.4, -0.2) is 25.5 Å². The predicted octanol–water partition coefficient (Wildman–Crippen LogP) is 3.28. The maximum atomic E-state index is 12.8. The molecule has 0 saturated carbocycles. The molecule has 0 saturated heterocycles. The molecule has 2 N–H and O–H groups in total. The first-order valence-electron chi connectivity index (χ1n) is 8.11. The largest absolute Gasteiger partial charge is 0.352 e. The SMILES string of the molecule is Cl.O=C(NCC1=CCNCC1)C(c1ccccc1)c1ccccc1. The topological polar surface area (TPSA) is 41.1 Å². The molecule has 0 aliphatic carbocycles. The predicted molar refractivity (Wildman–Crippen MR) is 101 cm³/mol. The average Bonchev–Trinajstić information content (AvgIpc) is 2.63. The van der Waals surface area contributed by atoms with Gasteiger partial charge in [0, 0.05) is 13.1 Å². The van der Waals surface area contributed by atoms with Gasteiger partial charge in [-0.15, -0.1) is 12.4 Å². The van der Waals surface area contributed by atoms with E-state index in [9.17, 15) is 4.79 Å². The van der Waals surface area contributed by atoms with E-state index in [1.807, 2.05) is 60.7 Å². The van der Waals surface area contributed by atoms with E-state index in [4.69, 9.17) is 0 Å². The molecule has 0 bridgehead atoms. The Bertz CT molecular complexity index is 631. The fraction of sp³-hybridized carbons (Fsp3) is 0.250. The highest BCUT2D eigenvalue weighted by Gasteiger charge is 2.22. The van der Waals surface area contributed by atoms with E-state index in [0.29, 0.717) is 6.54 Å². The highest BCUT2D eigenvalue weighted by atomic mass is 35.5. The van der Waals surface area contributed by atoms with Crippen LogP contribution in [0.5, 0.6) is 0 Å². The molecule has 0 unspecified atom stereocenters. The molecule has 4 heteroatoms. The summed E-state index contributed by atoms with van der Waals surface area (Å²) in [7, 11) is 0. The smallest absolute Gasteiger partial charge is 0.232 e. The van der Waals surface area contributed by atoms with Crippen LogP contribution >= 0.6 is 12.4 Å². The van der Waals surface area contributed by atoms with Crippen molar-refractivity contribution in [3.63, 3.8) is 0 Å². The number of rotatable bonds is 5. The van der Waals surface area contributed by atoms with Gasteiger partial charge in [0.2, 0.25) is 5.91 Å². The van der Waals surface area contributed by atoms with E-state index in [2.05, 4.69) is 16.7 Å². The second-order valence-corrected chi connectivity index (χ2v) is 5.79. The molecule has 2 aromatic carbocycles. The fourth-order valence-electron chi connectivity index (χ4n) is 2.92. The van der Waals surface area contributed by atoms with Gasteiger partial charge in [0.1, 0.15) is 0 Å². The van der Waals surface area contributed by atoms with Gasteiger partial charge >= 0.3 is 0 Å². The quantitative estimate of drug-likeness (QED) is 0.819. The number of benzene rings is 2. The molecule has 2 aromatic rings. The molecular weight excluding hydrogens is 320 g/mol. The van der Waals surface area contributed by atoms with Gasteiger partial charge in [0.05, 0.1) is 5.92 Å². The normalized spacial score (nSPS) is 13.8. The monoisotopic (exact) mass is 342 g/mol. The van der Waals surface area contributed by atoms with Crippen LogP contribution in [0, 0.1) is 0 Å². The van der Waals surface area contributed by atoms with Gasteiger partial charge in [0.15, 0.2) is 0 Å². The number of hydrogen-bond acceptors (Lipinski definition) is 2. The lowest BCUT2D eigenvalue weighted by Crippen LogP contribution is -2.33. The first-order valence-corrected chi connectivity index (χ1v) is 8.11. The van der Waals surface area contributed by atoms with Crippen molar-refractivity contribution in [2.45, 2.75) is 12.3 Å². The molecule has 1 aliphatic rings. The minimum atomic E-state index is -0.264. The summed E-state index contributed by atoms with van der Waals surface area (Å²) in [5, 5.41) is 6.40. The molecule has 3 rings (SSSR count). The van der Waals surface area contributed by atoms with Gasteiger partial charge in [-0.05, 0) is 24.1 Å². The van der Waals surface area contributed by atoms with Crippen LogP contribution in [0.2, 0.25) is 0 Å². The number of carbonyl (C=O) groups excluding carboxylic acids is 1. The third-order valence-corrected chi connectivity index (χ3v) is 4.18. The maximum absolute atomic E-state index is 12.8. The summed E-state index contributed by atoms with van der Waals surface area (Å²) in [5.74, 6) is -0.207. The Morgan fingerprint density at radius 1 is 1.00 bits per heavy atom. The van der Waals surface area contributed by atoms with E-state index in [-0.39, 0.29) is 24.2 Å². The zero-order valence-corrected chi connectivity index (χ0v) is 14.4. The number of nitrogens with one attached hydrogen (secondary N) is 2. The van der Waals surface area contributed by atoms with E-state index >= 15 is 0 Å². The van der Waals surface area contributed by atoms with Crippen molar-refractivity contribution in [2.75, 3.05) is 19.6 Å². The van der Waals surface area contributed by atoms with Crippen molar-refractivity contribution in [1.82, 2.24) is 10.6 Å². The zero-order valence-electron chi connectivity index (χ0n) is 13.6. The molecule has 0 fully saturated rings. The van der Waals surface area contributed by atoms with Crippen LogP contribution in [0.25, 0.3) is 0 Å². The highest BCUT2D eigenvalue weighted by molar-refractivity contribution is 5.87. The molecule has 0 spiro atoms. The summed E-state index contributed by atoms with van der Waals surface area (Å²) in [6, 6.07) is 19.9. The summed E-state index contributed by atoms with van der Waals surface area (Å²) in [6.07, 6.45) is 3.17. The molecule has 1 heterocycles. The van der Waals surface area contributed by atoms with Gasteiger partial charge in [-0.1, -0.05) is 72.3 Å². The molecule has 0 aromatic heterocycles. The van der Waals surface area contributed by atoms with E-state index < -0.39 is 0 Å². The van der Waals surface area contributed by atoms with Crippen molar-refractivity contribution in [1.29, 1.82) is 0 Å². The first-order chi connectivity index (χ1) is 11.3. The Hall–Kier alpha value is -2.10. The molecular formula is C20H23ClN2O. The van der Waals surface area contributed by atoms with Crippen LogP contribution in [0.15, 0.2) is 72.3 Å². The summed E-state index contributed by atoms with van der Waals surface area (Å²) in [6.45, 7) is 2.52. The second kappa shape index (κ2) is 9.26. The van der Waals surface area contributed by atoms with Gasteiger partial charge in [-0.3, -0.25) is 4.79 Å². The average molecular weight is 343 g/mol. The Morgan fingerprint density at radius 3 is 2.08 bits per heavy atom. The molecule has 1 aliphatic heterocycles. The summed E-state index contributed by atoms with van der Waals surface area (Å²) in [4.78, 5) is 12.8. The second-order valence-electron chi connectivity index (χ2n) is 5.79. The van der Waals surface area contributed by atoms with Crippen LogP contribution in [0.1, 0.15) is 23.5 Å². The lowest BCUT2D eigenvalue weighted by atomic mass is 9.90. The Morgan fingerprint density at radius 2 is 1.58 bits per heavy atom. The third-order valence-electron chi connectivity index (χ3n) is 4.18. The zero-order chi connectivity index (χ0) is 15.9. The molecule has 0 atom stereocenters. The van der Waals surface area contributed by atoms with Crippen molar-refractivity contribution in [2.24, 2.45) is 0 Å². The summed E-state index contributed by atoms with van der Waals surface area (Å²) in [5.41, 5.74) is 3.35. The highest BCUT2D eigenvalue weighted by Crippen LogP contribution is 2.24. The van der Waals surface area contributed by atoms with Crippen LogP contribution < -0.4 is 10.6 Å². The van der Waals surface area contributed by atoms with Crippen molar-refractivity contribution in [3.05, 3.63) is 83.4 Å². The molecule has 1 amide bonds. The van der Waals surface area contributed by atoms with Gasteiger partial charge in [-0.2, -0.15) is 0 Å². The Labute approximate surface area is 149 Å². The van der Waals surface area contributed by atoms with Crippen LogP contribution in [-0.2, 0) is 4.79 Å². The van der Waals surface area contributed by atoms with E-state index in [1.165, 1.54) is 5.57 Å². The lowest BCUT2D eigenvalue weighted by molar-refractivity contribution is -0.121. The standard InChI is InChI=1S/C20H22N2O.ClH/c23-20(22-15-16-11-13-21-14-12-16)19(17-7-3-1-4-8-17)18-9-5-2-6-10-18;/h1-11,19,21H,12-15H2,(H,22,23);1H. The van der Waals surface area contributed by atoms with Gasteiger partial charge < -0.3 is 10.6 Å². The summed E-state index contributed by atoms with van der Waals surface area (Å²) < 4.78 is 0. The number of amides is 1. The third kappa shape index (κ3) is 4.70. The lowest BCUT2D eigenvalue weighted by Gasteiger charge is -2.20. The maximum Gasteiger partial charge on any atom is 0.232 e. The summed E-state index contributed by atoms with van der Waals surface area (Å²) >= 11 is 0. The number of hydrogen-bond donors (Lipinski definition) is 2. The number of halogens is 1. The molecule has 0 radical (unpaired) electrons. The van der Waals surface area contributed by atoms with Crippen molar-refractivity contribution >= 4 is 18.3 Å².